The van der Waals surface area contributed by atoms with E-state index < -0.39 is 0 Å². The molecule has 0 aliphatic heterocycles. The van der Waals surface area contributed by atoms with Crippen LogP contribution in [0.4, 0.5) is 0 Å². The first-order valence-electron chi connectivity index (χ1n) is 3.41. The quantitative estimate of drug-likeness (QED) is 0.801. The van der Waals surface area contributed by atoms with Gasteiger partial charge in [-0.25, -0.2) is 0 Å². The second-order valence-corrected chi connectivity index (χ2v) is 2.97. The molecule has 1 aromatic rings. The van der Waals surface area contributed by atoms with Crippen molar-refractivity contribution in [2.45, 2.75) is 0 Å². The molecule has 0 amide bonds. The summed E-state index contributed by atoms with van der Waals surface area (Å²) in [7, 11) is 0. The third-order valence-corrected chi connectivity index (χ3v) is 1.91. The molecule has 0 fully saturated rings. The molecule has 0 radical (unpaired) electrons. The number of pyridine rings is 1. The van der Waals surface area contributed by atoms with Gasteiger partial charge in [-0.3, -0.25) is 4.98 Å². The van der Waals surface area contributed by atoms with Crippen LogP contribution >= 0.6 is 23.2 Å². The molecule has 0 aliphatic carbocycles. The van der Waals surface area contributed by atoms with Crippen LogP contribution in [-0.4, -0.2) is 11.5 Å². The molecule has 0 unspecified atom stereocenters. The molecular formula is C8H8Cl2N2. The van der Waals surface area contributed by atoms with Crippen LogP contribution < -0.4 is 5.73 Å². The highest BCUT2D eigenvalue weighted by atomic mass is 35.5. The summed E-state index contributed by atoms with van der Waals surface area (Å²) in [6.07, 6.45) is 6.66. The number of nitrogens with two attached hydrogens (primary N) is 1. The van der Waals surface area contributed by atoms with Crippen LogP contribution in [0.3, 0.4) is 0 Å². The molecule has 2 nitrogen and oxygen atoms in total. The Hall–Kier alpha value is -0.570. The van der Waals surface area contributed by atoms with Crippen molar-refractivity contribution in [1.82, 2.24) is 4.98 Å². The van der Waals surface area contributed by atoms with Gasteiger partial charge in [-0.15, -0.1) is 0 Å². The zero-order valence-electron chi connectivity index (χ0n) is 6.30. The average molecular weight is 203 g/mol. The summed E-state index contributed by atoms with van der Waals surface area (Å²) in [6.45, 7) is 0.467. The van der Waals surface area contributed by atoms with Crippen LogP contribution in [-0.2, 0) is 0 Å². The van der Waals surface area contributed by atoms with Gasteiger partial charge in [0.15, 0.2) is 0 Å². The molecule has 64 valence electrons. The number of nitrogens with zero attached hydrogens (tertiary/aromatic N) is 1. The Morgan fingerprint density at radius 1 is 1.33 bits per heavy atom. The van der Waals surface area contributed by atoms with E-state index >= 15 is 0 Å². The van der Waals surface area contributed by atoms with Gasteiger partial charge in [0.2, 0.25) is 0 Å². The third kappa shape index (κ3) is 2.21. The molecule has 1 rings (SSSR count). The predicted molar refractivity (Wildman–Crippen MR) is 52.3 cm³/mol. The Morgan fingerprint density at radius 2 is 1.92 bits per heavy atom. The van der Waals surface area contributed by atoms with Gasteiger partial charge in [0.05, 0.1) is 10.0 Å². The van der Waals surface area contributed by atoms with E-state index in [-0.39, 0.29) is 0 Å². The van der Waals surface area contributed by atoms with Crippen molar-refractivity contribution in [1.29, 1.82) is 0 Å². The molecular weight excluding hydrogens is 195 g/mol. The Kier molecular flexibility index (Phi) is 3.53. The van der Waals surface area contributed by atoms with Gasteiger partial charge in [-0.1, -0.05) is 35.4 Å². The maximum atomic E-state index is 5.83. The summed E-state index contributed by atoms with van der Waals surface area (Å²) in [4.78, 5) is 3.82. The van der Waals surface area contributed by atoms with E-state index in [4.69, 9.17) is 28.9 Å². The summed E-state index contributed by atoms with van der Waals surface area (Å²) in [6, 6.07) is 0. The summed E-state index contributed by atoms with van der Waals surface area (Å²) < 4.78 is 0. The van der Waals surface area contributed by atoms with Gasteiger partial charge in [0, 0.05) is 24.5 Å². The Labute approximate surface area is 81.0 Å². The Bertz CT molecular complexity index is 277. The number of halogens is 2. The lowest BCUT2D eigenvalue weighted by atomic mass is 10.2. The molecule has 0 atom stereocenters. The van der Waals surface area contributed by atoms with E-state index in [1.807, 2.05) is 0 Å². The molecule has 12 heavy (non-hydrogen) atoms. The highest BCUT2D eigenvalue weighted by molar-refractivity contribution is 6.36. The van der Waals surface area contributed by atoms with E-state index in [1.165, 1.54) is 0 Å². The first-order valence-corrected chi connectivity index (χ1v) is 4.17. The number of aromatic nitrogens is 1. The monoisotopic (exact) mass is 202 g/mol. The average Bonchev–Trinajstić information content (AvgIpc) is 2.04. The third-order valence-electron chi connectivity index (χ3n) is 1.31. The fourth-order valence-electron chi connectivity index (χ4n) is 0.766. The first-order chi connectivity index (χ1) is 5.75. The van der Waals surface area contributed by atoms with Gasteiger partial charge in [-0.05, 0) is 0 Å². The van der Waals surface area contributed by atoms with Crippen molar-refractivity contribution in [3.8, 4) is 0 Å². The lowest BCUT2D eigenvalue weighted by Crippen LogP contribution is -1.92. The van der Waals surface area contributed by atoms with Crippen molar-refractivity contribution in [3.63, 3.8) is 0 Å². The fourth-order valence-corrected chi connectivity index (χ4v) is 1.26. The van der Waals surface area contributed by atoms with Crippen LogP contribution in [0.2, 0.25) is 10.0 Å². The molecule has 1 heterocycles. The summed E-state index contributed by atoms with van der Waals surface area (Å²) >= 11 is 11.7. The first kappa shape index (κ1) is 9.52. The topological polar surface area (TPSA) is 38.9 Å². The summed E-state index contributed by atoms with van der Waals surface area (Å²) in [5.74, 6) is 0. The molecule has 4 heteroatoms. The van der Waals surface area contributed by atoms with Crippen LogP contribution in [0, 0.1) is 0 Å². The standard InChI is InChI=1S/C8H8Cl2N2/c9-7-4-12-5-8(10)6(7)2-1-3-11/h1-2,4-5H,3,11H2. The second kappa shape index (κ2) is 4.45. The molecule has 0 spiro atoms. The van der Waals surface area contributed by atoms with Crippen LogP contribution in [0.25, 0.3) is 6.08 Å². The van der Waals surface area contributed by atoms with E-state index in [1.54, 1.807) is 24.5 Å². The molecule has 0 aliphatic rings. The maximum Gasteiger partial charge on any atom is 0.0676 e. The van der Waals surface area contributed by atoms with E-state index in [2.05, 4.69) is 4.98 Å². The number of hydrogen-bond acceptors (Lipinski definition) is 2. The summed E-state index contributed by atoms with van der Waals surface area (Å²) in [5, 5.41) is 1.07. The molecule has 0 saturated heterocycles. The normalized spacial score (nSPS) is 10.9. The SMILES string of the molecule is NCC=Cc1c(Cl)cncc1Cl. The van der Waals surface area contributed by atoms with Crippen molar-refractivity contribution in [2.75, 3.05) is 6.54 Å². The predicted octanol–water partition coefficient (Wildman–Crippen LogP) is 2.36. The minimum atomic E-state index is 0.467. The minimum absolute atomic E-state index is 0.467. The zero-order valence-corrected chi connectivity index (χ0v) is 7.81. The van der Waals surface area contributed by atoms with Crippen molar-refractivity contribution < 1.29 is 0 Å². The molecule has 0 aromatic carbocycles. The second-order valence-electron chi connectivity index (χ2n) is 2.15. The number of rotatable bonds is 2. The van der Waals surface area contributed by atoms with Crippen molar-refractivity contribution >= 4 is 29.3 Å². The Morgan fingerprint density at radius 3 is 2.42 bits per heavy atom. The Balaban J connectivity index is 3.04. The van der Waals surface area contributed by atoms with E-state index in [0.717, 1.165) is 5.56 Å². The molecule has 0 bridgehead atoms. The molecule has 2 N–H and O–H groups in total. The highest BCUT2D eigenvalue weighted by Gasteiger charge is 2.00. The van der Waals surface area contributed by atoms with Crippen molar-refractivity contribution in [3.05, 3.63) is 34.1 Å². The largest absolute Gasteiger partial charge is 0.327 e. The zero-order chi connectivity index (χ0) is 8.97. The van der Waals surface area contributed by atoms with Crippen LogP contribution in [0.15, 0.2) is 18.5 Å². The van der Waals surface area contributed by atoms with Gasteiger partial charge in [0.25, 0.3) is 0 Å². The lowest BCUT2D eigenvalue weighted by Gasteiger charge is -1.98. The smallest absolute Gasteiger partial charge is 0.0676 e. The fraction of sp³-hybridized carbons (Fsp3) is 0.125. The summed E-state index contributed by atoms with van der Waals surface area (Å²) in [5.41, 5.74) is 6.05. The minimum Gasteiger partial charge on any atom is -0.327 e. The maximum absolute atomic E-state index is 5.83. The van der Waals surface area contributed by atoms with Crippen LogP contribution in [0.5, 0.6) is 0 Å². The lowest BCUT2D eigenvalue weighted by molar-refractivity contribution is 1.26. The van der Waals surface area contributed by atoms with E-state index in [9.17, 15) is 0 Å². The van der Waals surface area contributed by atoms with Crippen LogP contribution in [0.1, 0.15) is 5.56 Å². The molecule has 0 saturated carbocycles. The van der Waals surface area contributed by atoms with E-state index in [0.29, 0.717) is 16.6 Å². The van der Waals surface area contributed by atoms with Gasteiger partial charge >= 0.3 is 0 Å². The van der Waals surface area contributed by atoms with Crippen molar-refractivity contribution in [2.24, 2.45) is 5.73 Å². The highest BCUT2D eigenvalue weighted by Crippen LogP contribution is 2.23. The number of hydrogen-bond donors (Lipinski definition) is 1. The van der Waals surface area contributed by atoms with Gasteiger partial charge in [0.1, 0.15) is 0 Å². The van der Waals surface area contributed by atoms with Gasteiger partial charge in [-0.2, -0.15) is 0 Å². The van der Waals surface area contributed by atoms with Gasteiger partial charge < -0.3 is 5.73 Å². The molecule has 1 aromatic heterocycles.